The molecule has 1 aromatic carbocycles. The average Bonchev–Trinajstić information content (AvgIpc) is 3.16. The van der Waals surface area contributed by atoms with E-state index in [-0.39, 0.29) is 24.0 Å². The summed E-state index contributed by atoms with van der Waals surface area (Å²) in [5.74, 6) is 0.707. The highest BCUT2D eigenvalue weighted by molar-refractivity contribution is 14.0. The van der Waals surface area contributed by atoms with Crippen molar-refractivity contribution >= 4 is 40.0 Å². The maximum Gasteiger partial charge on any atom is 0.243 e. The molecule has 0 saturated carbocycles. The molecule has 8 nitrogen and oxygen atoms in total. The maximum absolute atomic E-state index is 12.7. The molecule has 0 radical (unpaired) electrons. The predicted molar refractivity (Wildman–Crippen MR) is 129 cm³/mol. The van der Waals surface area contributed by atoms with Crippen LogP contribution in [0.1, 0.15) is 37.4 Å². The molecular formula is C20H31IN6O2S. The number of halogens is 1. The van der Waals surface area contributed by atoms with E-state index in [1.165, 1.54) is 0 Å². The van der Waals surface area contributed by atoms with Gasteiger partial charge in [0.25, 0.3) is 0 Å². The van der Waals surface area contributed by atoms with Gasteiger partial charge in [-0.2, -0.15) is 9.40 Å². The fourth-order valence-corrected chi connectivity index (χ4v) is 4.80. The number of piperidine rings is 1. The molecule has 2 heterocycles. The second-order valence-electron chi connectivity index (χ2n) is 7.10. The number of nitrogens with zero attached hydrogens (tertiary/aromatic N) is 4. The van der Waals surface area contributed by atoms with Crippen molar-refractivity contribution in [2.24, 2.45) is 12.0 Å². The highest BCUT2D eigenvalue weighted by Gasteiger charge is 2.25. The van der Waals surface area contributed by atoms with Crippen molar-refractivity contribution in [1.82, 2.24) is 24.7 Å². The van der Waals surface area contributed by atoms with Crippen molar-refractivity contribution in [2.45, 2.75) is 44.2 Å². The van der Waals surface area contributed by atoms with Crippen LogP contribution >= 0.6 is 24.0 Å². The predicted octanol–water partition coefficient (Wildman–Crippen LogP) is 2.47. The first-order chi connectivity index (χ1) is 14.0. The molecule has 10 heteroatoms. The molecule has 1 fully saturated rings. The van der Waals surface area contributed by atoms with Crippen molar-refractivity contribution < 1.29 is 8.42 Å². The summed E-state index contributed by atoms with van der Waals surface area (Å²) in [5, 5.41) is 10.7. The quantitative estimate of drug-likeness (QED) is 0.317. The number of aromatic nitrogens is 2. The number of sulfonamides is 1. The second-order valence-corrected chi connectivity index (χ2v) is 9.04. The third-order valence-electron chi connectivity index (χ3n) is 5.00. The lowest BCUT2D eigenvalue weighted by atomic mass is 10.2. The summed E-state index contributed by atoms with van der Waals surface area (Å²) in [6.07, 6.45) is 4.74. The Morgan fingerprint density at radius 3 is 2.40 bits per heavy atom. The number of hydrogen-bond donors (Lipinski definition) is 2. The van der Waals surface area contributed by atoms with Crippen LogP contribution in [0, 0.1) is 0 Å². The number of hydrogen-bond acceptors (Lipinski definition) is 4. The van der Waals surface area contributed by atoms with Gasteiger partial charge in [0.1, 0.15) is 0 Å². The van der Waals surface area contributed by atoms with Gasteiger partial charge in [-0.05, 0) is 43.5 Å². The van der Waals surface area contributed by atoms with Gasteiger partial charge in [0.15, 0.2) is 5.96 Å². The summed E-state index contributed by atoms with van der Waals surface area (Å²) >= 11 is 0. The zero-order chi connectivity index (χ0) is 20.7. The highest BCUT2D eigenvalue weighted by Crippen LogP contribution is 2.21. The first kappa shape index (κ1) is 24.6. The number of aliphatic imine (C=N–C) groups is 1. The van der Waals surface area contributed by atoms with E-state index in [0.29, 0.717) is 37.0 Å². The molecule has 1 aromatic heterocycles. The van der Waals surface area contributed by atoms with Gasteiger partial charge >= 0.3 is 0 Å². The molecule has 0 bridgehead atoms. The molecule has 0 unspecified atom stereocenters. The summed E-state index contributed by atoms with van der Waals surface area (Å²) in [7, 11) is -1.49. The molecule has 0 atom stereocenters. The van der Waals surface area contributed by atoms with E-state index in [1.54, 1.807) is 22.6 Å². The Morgan fingerprint density at radius 2 is 1.80 bits per heavy atom. The SMILES string of the molecule is CCNC(=NCc1ccc(S(=O)(=O)N2CCCCC2)cc1)NCc1ccnn1C.I. The molecule has 1 saturated heterocycles. The van der Waals surface area contributed by atoms with Crippen LogP contribution < -0.4 is 10.6 Å². The zero-order valence-corrected chi connectivity index (χ0v) is 20.7. The minimum Gasteiger partial charge on any atom is -0.357 e. The lowest BCUT2D eigenvalue weighted by molar-refractivity contribution is 0.346. The van der Waals surface area contributed by atoms with Crippen molar-refractivity contribution in [2.75, 3.05) is 19.6 Å². The molecule has 0 aliphatic carbocycles. The van der Waals surface area contributed by atoms with Crippen LogP contribution in [-0.2, 0) is 30.2 Å². The van der Waals surface area contributed by atoms with Gasteiger partial charge in [-0.3, -0.25) is 4.68 Å². The van der Waals surface area contributed by atoms with Gasteiger partial charge in [-0.1, -0.05) is 18.6 Å². The Morgan fingerprint density at radius 1 is 1.10 bits per heavy atom. The van der Waals surface area contributed by atoms with Crippen LogP contribution in [0.25, 0.3) is 0 Å². The van der Waals surface area contributed by atoms with Crippen molar-refractivity contribution in [3.8, 4) is 0 Å². The molecule has 0 spiro atoms. The number of guanidine groups is 1. The number of rotatable bonds is 7. The minimum atomic E-state index is -3.39. The van der Waals surface area contributed by atoms with E-state index in [2.05, 4.69) is 20.7 Å². The maximum atomic E-state index is 12.7. The molecule has 2 aromatic rings. The Kier molecular flexibility index (Phi) is 9.56. The second kappa shape index (κ2) is 11.7. The fourth-order valence-electron chi connectivity index (χ4n) is 3.28. The van der Waals surface area contributed by atoms with Crippen LogP contribution in [0.3, 0.4) is 0 Å². The third kappa shape index (κ3) is 6.42. The van der Waals surface area contributed by atoms with E-state index in [1.807, 2.05) is 36.9 Å². The minimum absolute atomic E-state index is 0. The summed E-state index contributed by atoms with van der Waals surface area (Å²) in [4.78, 5) is 4.95. The largest absolute Gasteiger partial charge is 0.357 e. The summed E-state index contributed by atoms with van der Waals surface area (Å²) in [5.41, 5.74) is 2.02. The standard InChI is InChI=1S/C20H30N6O2S.HI/c1-3-21-20(23-16-18-11-12-24-25(18)2)22-15-17-7-9-19(10-8-17)29(27,28)26-13-5-4-6-14-26;/h7-12H,3-6,13-16H2,1-2H3,(H2,21,22,23);1H. The van der Waals surface area contributed by atoms with Crippen LogP contribution in [0.4, 0.5) is 0 Å². The Balaban J connectivity index is 0.00000320. The van der Waals surface area contributed by atoms with Gasteiger partial charge < -0.3 is 10.6 Å². The van der Waals surface area contributed by atoms with Gasteiger partial charge in [0, 0.05) is 32.9 Å². The van der Waals surface area contributed by atoms with Crippen LogP contribution in [0.5, 0.6) is 0 Å². The molecule has 166 valence electrons. The fraction of sp³-hybridized carbons (Fsp3) is 0.500. The summed E-state index contributed by atoms with van der Waals surface area (Å²) in [6.45, 7) is 5.08. The van der Waals surface area contributed by atoms with Crippen molar-refractivity contribution in [1.29, 1.82) is 0 Å². The topological polar surface area (TPSA) is 91.6 Å². The lowest BCUT2D eigenvalue weighted by Gasteiger charge is -2.25. The zero-order valence-electron chi connectivity index (χ0n) is 17.5. The first-order valence-electron chi connectivity index (χ1n) is 10.1. The van der Waals surface area contributed by atoms with E-state index in [0.717, 1.165) is 37.1 Å². The number of aryl methyl sites for hydroxylation is 1. The van der Waals surface area contributed by atoms with E-state index < -0.39 is 10.0 Å². The Bertz CT molecular complexity index is 921. The lowest BCUT2D eigenvalue weighted by Crippen LogP contribution is -2.37. The van der Waals surface area contributed by atoms with Gasteiger partial charge in [0.05, 0.1) is 23.7 Å². The summed E-state index contributed by atoms with van der Waals surface area (Å²) < 4.78 is 28.9. The highest BCUT2D eigenvalue weighted by atomic mass is 127. The average molecular weight is 546 g/mol. The molecule has 3 rings (SSSR count). The molecule has 0 amide bonds. The number of nitrogens with one attached hydrogen (secondary N) is 2. The molecular weight excluding hydrogens is 515 g/mol. The van der Waals surface area contributed by atoms with E-state index >= 15 is 0 Å². The van der Waals surface area contributed by atoms with Crippen molar-refractivity contribution in [3.63, 3.8) is 0 Å². The van der Waals surface area contributed by atoms with E-state index in [4.69, 9.17) is 0 Å². The Labute approximate surface area is 196 Å². The molecule has 1 aliphatic heterocycles. The van der Waals surface area contributed by atoms with Crippen LogP contribution in [0.2, 0.25) is 0 Å². The normalized spacial score (nSPS) is 15.5. The molecule has 1 aliphatic rings. The van der Waals surface area contributed by atoms with Crippen LogP contribution in [0.15, 0.2) is 46.4 Å². The molecule has 30 heavy (non-hydrogen) atoms. The monoisotopic (exact) mass is 546 g/mol. The van der Waals surface area contributed by atoms with Gasteiger partial charge in [0.2, 0.25) is 10.0 Å². The van der Waals surface area contributed by atoms with E-state index in [9.17, 15) is 8.42 Å². The third-order valence-corrected chi connectivity index (χ3v) is 6.91. The molecule has 2 N–H and O–H groups in total. The van der Waals surface area contributed by atoms with Gasteiger partial charge in [-0.25, -0.2) is 13.4 Å². The first-order valence-corrected chi connectivity index (χ1v) is 11.5. The van der Waals surface area contributed by atoms with Crippen LogP contribution in [-0.4, -0.2) is 48.1 Å². The smallest absolute Gasteiger partial charge is 0.243 e. The van der Waals surface area contributed by atoms with Gasteiger partial charge in [-0.15, -0.1) is 24.0 Å². The van der Waals surface area contributed by atoms with Crippen molar-refractivity contribution in [3.05, 3.63) is 47.8 Å². The number of benzene rings is 1. The Hall–Kier alpha value is -1.66. The summed E-state index contributed by atoms with van der Waals surface area (Å²) in [6, 6.07) is 9.00.